The van der Waals surface area contributed by atoms with Crippen molar-refractivity contribution in [2.75, 3.05) is 25.2 Å². The minimum Gasteiger partial charge on any atom is -0.483 e. The molecule has 2 aliphatic rings. The molecule has 0 saturated carbocycles. The summed E-state index contributed by atoms with van der Waals surface area (Å²) in [5.74, 6) is -0.0975. The lowest BCUT2D eigenvalue weighted by Gasteiger charge is -2.42. The van der Waals surface area contributed by atoms with Gasteiger partial charge in [-0.15, -0.1) is 13.2 Å². The molecule has 3 heterocycles. The number of morpholine rings is 1. The molecule has 2 N–H and O–H groups in total. The molecule has 1 atom stereocenters. The Morgan fingerprint density at radius 3 is 2.52 bits per heavy atom. The van der Waals surface area contributed by atoms with E-state index in [1.165, 1.54) is 6.07 Å². The van der Waals surface area contributed by atoms with Crippen LogP contribution in [0.15, 0.2) is 30.2 Å². The summed E-state index contributed by atoms with van der Waals surface area (Å²) in [5.41, 5.74) is 3.76. The monoisotopic (exact) mass is 351 g/mol. The van der Waals surface area contributed by atoms with Crippen molar-refractivity contribution < 1.29 is 19.4 Å². The SMILES string of the molecule is C=C.CC(C)(C)c1c2n(ccc1=O)N[C@@H]1COCCN1C2=O.O=CO. The van der Waals surface area contributed by atoms with Crippen LogP contribution in [0, 0.1) is 0 Å². The van der Waals surface area contributed by atoms with Crippen LogP contribution < -0.4 is 10.9 Å². The fraction of sp³-hybridized carbons (Fsp3) is 0.471. The first kappa shape index (κ1) is 20.4. The zero-order chi connectivity index (χ0) is 19.2. The van der Waals surface area contributed by atoms with Crippen molar-refractivity contribution in [1.82, 2.24) is 9.58 Å². The van der Waals surface area contributed by atoms with Crippen LogP contribution >= 0.6 is 0 Å². The molecule has 3 rings (SSSR count). The van der Waals surface area contributed by atoms with Crippen molar-refractivity contribution in [2.45, 2.75) is 32.4 Å². The third-order valence-electron chi connectivity index (χ3n) is 3.73. The topological polar surface area (TPSA) is 101 Å². The summed E-state index contributed by atoms with van der Waals surface area (Å²) in [4.78, 5) is 35.1. The van der Waals surface area contributed by atoms with E-state index in [1.807, 2.05) is 20.8 Å². The summed E-state index contributed by atoms with van der Waals surface area (Å²) in [7, 11) is 0. The van der Waals surface area contributed by atoms with Gasteiger partial charge in [-0.05, 0) is 5.41 Å². The van der Waals surface area contributed by atoms with Crippen LogP contribution in [0.1, 0.15) is 36.8 Å². The summed E-state index contributed by atoms with van der Waals surface area (Å²) >= 11 is 0. The van der Waals surface area contributed by atoms with E-state index in [0.29, 0.717) is 31.0 Å². The van der Waals surface area contributed by atoms with Gasteiger partial charge in [0.15, 0.2) is 5.43 Å². The Bertz CT molecular complexity index is 678. The first-order valence-corrected chi connectivity index (χ1v) is 7.80. The Hall–Kier alpha value is -2.61. The summed E-state index contributed by atoms with van der Waals surface area (Å²) in [6.07, 6.45) is 1.45. The van der Waals surface area contributed by atoms with Gasteiger partial charge in [-0.3, -0.25) is 19.1 Å². The number of nitrogens with zero attached hydrogens (tertiary/aromatic N) is 2. The van der Waals surface area contributed by atoms with Gasteiger partial charge in [0, 0.05) is 24.4 Å². The van der Waals surface area contributed by atoms with E-state index in [2.05, 4.69) is 18.6 Å². The van der Waals surface area contributed by atoms with Crippen molar-refractivity contribution >= 4 is 12.4 Å². The average Bonchev–Trinajstić information content (AvgIpc) is 2.57. The Labute approximate surface area is 146 Å². The van der Waals surface area contributed by atoms with Crippen molar-refractivity contribution in [3.05, 3.63) is 46.9 Å². The van der Waals surface area contributed by atoms with E-state index in [0.717, 1.165) is 0 Å². The van der Waals surface area contributed by atoms with Crippen LogP contribution in [-0.2, 0) is 14.9 Å². The normalized spacial score (nSPS) is 18.3. The smallest absolute Gasteiger partial charge is 0.290 e. The number of carboxylic acid groups (broad SMARTS) is 1. The second kappa shape index (κ2) is 8.48. The number of rotatable bonds is 0. The second-order valence-electron chi connectivity index (χ2n) is 6.35. The standard InChI is InChI=1S/C14H19N3O3.C2H4.CH2O2/c1-14(2,3)11-9(18)4-5-17-12(11)13(19)16-6-7-20-8-10(16)15-17;1-2;2-1-3/h4-5,10,15H,6-8H2,1-3H3;1-2H2;1H,(H,2,3)/t10-;;/m0../s1. The highest BCUT2D eigenvalue weighted by Gasteiger charge is 2.38. The van der Waals surface area contributed by atoms with E-state index in [9.17, 15) is 9.59 Å². The zero-order valence-electron chi connectivity index (χ0n) is 14.8. The molecule has 2 aliphatic heterocycles. The lowest BCUT2D eigenvalue weighted by Crippen LogP contribution is -2.60. The van der Waals surface area contributed by atoms with Gasteiger partial charge in [0.1, 0.15) is 11.9 Å². The predicted molar refractivity (Wildman–Crippen MR) is 94.4 cm³/mol. The fourth-order valence-electron chi connectivity index (χ4n) is 2.83. The van der Waals surface area contributed by atoms with Crippen LogP contribution in [-0.4, -0.2) is 53.0 Å². The molecule has 8 nitrogen and oxygen atoms in total. The molecule has 1 saturated heterocycles. The first-order valence-electron chi connectivity index (χ1n) is 7.80. The largest absolute Gasteiger partial charge is 0.483 e. The molecule has 25 heavy (non-hydrogen) atoms. The molecule has 1 aromatic heterocycles. The Morgan fingerprint density at radius 1 is 1.36 bits per heavy atom. The Morgan fingerprint density at radius 2 is 1.96 bits per heavy atom. The van der Waals surface area contributed by atoms with Crippen LogP contribution in [0.4, 0.5) is 0 Å². The number of carbonyl (C=O) groups excluding carboxylic acids is 1. The highest BCUT2D eigenvalue weighted by Crippen LogP contribution is 2.26. The van der Waals surface area contributed by atoms with E-state index in [-0.39, 0.29) is 29.4 Å². The molecule has 8 heteroatoms. The van der Waals surface area contributed by atoms with Gasteiger partial charge in [-0.1, -0.05) is 20.8 Å². The van der Waals surface area contributed by atoms with Gasteiger partial charge in [-0.25, -0.2) is 0 Å². The van der Waals surface area contributed by atoms with E-state index in [1.54, 1.807) is 15.8 Å². The molecule has 0 unspecified atom stereocenters. The van der Waals surface area contributed by atoms with Gasteiger partial charge in [0.25, 0.3) is 12.4 Å². The number of carbonyl (C=O) groups is 2. The lowest BCUT2D eigenvalue weighted by molar-refractivity contribution is -0.122. The second-order valence-corrected chi connectivity index (χ2v) is 6.35. The van der Waals surface area contributed by atoms with Gasteiger partial charge in [0.2, 0.25) is 0 Å². The molecule has 138 valence electrons. The number of hydrogen-bond acceptors (Lipinski definition) is 5. The molecule has 0 aromatic carbocycles. The van der Waals surface area contributed by atoms with Gasteiger partial charge in [-0.2, -0.15) is 0 Å². The molecule has 0 aliphatic carbocycles. The van der Waals surface area contributed by atoms with Gasteiger partial charge in [0.05, 0.1) is 13.2 Å². The van der Waals surface area contributed by atoms with Crippen molar-refractivity contribution in [3.8, 4) is 0 Å². The predicted octanol–water partition coefficient (Wildman–Crippen LogP) is 1.00. The summed E-state index contributed by atoms with van der Waals surface area (Å²) < 4.78 is 7.06. The van der Waals surface area contributed by atoms with Crippen LogP contribution in [0.25, 0.3) is 0 Å². The third-order valence-corrected chi connectivity index (χ3v) is 3.73. The summed E-state index contributed by atoms with van der Waals surface area (Å²) in [5, 5.41) is 6.89. The van der Waals surface area contributed by atoms with Gasteiger partial charge >= 0.3 is 0 Å². The van der Waals surface area contributed by atoms with E-state index < -0.39 is 0 Å². The average molecular weight is 351 g/mol. The number of pyridine rings is 1. The minimum absolute atomic E-state index is 0.0920. The number of amides is 1. The fourth-order valence-corrected chi connectivity index (χ4v) is 2.83. The lowest BCUT2D eigenvalue weighted by atomic mass is 9.85. The molecule has 1 amide bonds. The first-order chi connectivity index (χ1) is 11.8. The molecule has 0 spiro atoms. The Balaban J connectivity index is 0.000000567. The van der Waals surface area contributed by atoms with Crippen molar-refractivity contribution in [1.29, 1.82) is 0 Å². The number of hydrogen-bond donors (Lipinski definition) is 2. The highest BCUT2D eigenvalue weighted by atomic mass is 16.5. The van der Waals surface area contributed by atoms with Crippen LogP contribution in [0.5, 0.6) is 0 Å². The Kier molecular flexibility index (Phi) is 6.93. The quantitative estimate of drug-likeness (QED) is 0.534. The van der Waals surface area contributed by atoms with Crippen LogP contribution in [0.2, 0.25) is 0 Å². The number of ether oxygens (including phenoxy) is 1. The summed E-state index contributed by atoms with van der Waals surface area (Å²) in [6.45, 7) is 13.1. The van der Waals surface area contributed by atoms with Gasteiger partial charge < -0.3 is 20.2 Å². The van der Waals surface area contributed by atoms with E-state index in [4.69, 9.17) is 14.6 Å². The van der Waals surface area contributed by atoms with Crippen molar-refractivity contribution in [2.24, 2.45) is 0 Å². The number of nitrogens with one attached hydrogen (secondary N) is 1. The molecule has 1 aromatic rings. The van der Waals surface area contributed by atoms with Crippen molar-refractivity contribution in [3.63, 3.8) is 0 Å². The zero-order valence-corrected chi connectivity index (χ0v) is 14.8. The molecule has 0 bridgehead atoms. The third kappa shape index (κ3) is 4.27. The maximum absolute atomic E-state index is 12.7. The molecule has 1 fully saturated rings. The summed E-state index contributed by atoms with van der Waals surface area (Å²) in [6, 6.07) is 1.50. The molecular weight excluding hydrogens is 326 g/mol. The van der Waals surface area contributed by atoms with Crippen LogP contribution in [0.3, 0.4) is 0 Å². The number of fused-ring (bicyclic) bond motifs is 2. The number of aromatic nitrogens is 1. The van der Waals surface area contributed by atoms with E-state index >= 15 is 0 Å². The maximum Gasteiger partial charge on any atom is 0.290 e. The molecular formula is C17H25N3O5. The minimum atomic E-state index is -0.383. The molecule has 0 radical (unpaired) electrons. The highest BCUT2D eigenvalue weighted by molar-refractivity contribution is 5.95. The maximum atomic E-state index is 12.7.